The van der Waals surface area contributed by atoms with Gasteiger partial charge in [0.15, 0.2) is 0 Å². The van der Waals surface area contributed by atoms with Crippen molar-refractivity contribution in [3.05, 3.63) is 95.7 Å². The first-order chi connectivity index (χ1) is 15.6. The molecule has 3 heterocycles. The van der Waals surface area contributed by atoms with E-state index in [9.17, 15) is 4.79 Å². The zero-order valence-electron chi connectivity index (χ0n) is 17.7. The van der Waals surface area contributed by atoms with Crippen LogP contribution in [0.25, 0.3) is 22.4 Å². The number of aryl methyl sites for hydroxylation is 2. The molecule has 7 nitrogen and oxygen atoms in total. The summed E-state index contributed by atoms with van der Waals surface area (Å²) < 4.78 is 7.45. The Balaban J connectivity index is 1.43. The number of pyridine rings is 1. The maximum atomic E-state index is 13.2. The number of fused-ring (bicyclic) bond motifs is 1. The first kappa shape index (κ1) is 19.7. The number of imidazole rings is 1. The van der Waals surface area contributed by atoms with Gasteiger partial charge < -0.3 is 14.4 Å². The number of hydrogen-bond donors (Lipinski definition) is 1. The predicted octanol–water partition coefficient (Wildman–Crippen LogP) is 5.00. The minimum absolute atomic E-state index is 0.237. The summed E-state index contributed by atoms with van der Waals surface area (Å²) in [5.41, 5.74) is 4.84. The van der Waals surface area contributed by atoms with Crippen LogP contribution in [-0.2, 0) is 6.54 Å². The van der Waals surface area contributed by atoms with Crippen LogP contribution in [0.1, 0.15) is 27.4 Å². The monoisotopic (exact) mass is 423 g/mol. The molecule has 3 aromatic heterocycles. The molecule has 0 saturated heterocycles. The number of nitrogens with zero attached hydrogens (tertiary/aromatic N) is 4. The van der Waals surface area contributed by atoms with Gasteiger partial charge in [-0.1, -0.05) is 47.6 Å². The first-order valence-electron chi connectivity index (χ1n) is 10.3. The average molecular weight is 423 g/mol. The van der Waals surface area contributed by atoms with Gasteiger partial charge in [0.2, 0.25) is 0 Å². The second kappa shape index (κ2) is 8.11. The van der Waals surface area contributed by atoms with Gasteiger partial charge in [-0.2, -0.15) is 0 Å². The third-order valence-corrected chi connectivity index (χ3v) is 5.42. The van der Waals surface area contributed by atoms with E-state index in [0.29, 0.717) is 33.7 Å². The Hall–Kier alpha value is -4.26. The second-order valence-corrected chi connectivity index (χ2v) is 7.62. The normalized spacial score (nSPS) is 11.1. The lowest BCUT2D eigenvalue weighted by Crippen LogP contribution is -2.13. The van der Waals surface area contributed by atoms with Crippen LogP contribution < -0.4 is 5.32 Å². The summed E-state index contributed by atoms with van der Waals surface area (Å²) in [7, 11) is 0. The van der Waals surface area contributed by atoms with Crippen molar-refractivity contribution in [3.63, 3.8) is 0 Å². The summed E-state index contributed by atoms with van der Waals surface area (Å²) in [6.45, 7) is 4.51. The topological polar surface area (TPSA) is 85.8 Å². The maximum Gasteiger partial charge on any atom is 0.259 e. The number of hydrogen-bond acceptors (Lipinski definition) is 5. The SMILES string of the molecule is Cc1noc2nc(-c3ccccc3)cc(C(=O)Nc3ccc(Cn4ccnc4C)cc3)c12. The maximum absolute atomic E-state index is 13.2. The van der Waals surface area contributed by atoms with Crippen LogP contribution in [0.3, 0.4) is 0 Å². The fourth-order valence-corrected chi connectivity index (χ4v) is 3.69. The van der Waals surface area contributed by atoms with Crippen molar-refractivity contribution in [2.75, 3.05) is 5.32 Å². The molecule has 0 aliphatic carbocycles. The second-order valence-electron chi connectivity index (χ2n) is 7.62. The van der Waals surface area contributed by atoms with Crippen molar-refractivity contribution < 1.29 is 9.32 Å². The zero-order valence-corrected chi connectivity index (χ0v) is 17.7. The van der Waals surface area contributed by atoms with Crippen molar-refractivity contribution in [1.82, 2.24) is 19.7 Å². The Labute approximate surface area is 184 Å². The number of aromatic nitrogens is 4. The molecule has 0 aliphatic heterocycles. The minimum Gasteiger partial charge on any atom is -0.335 e. The molecule has 1 N–H and O–H groups in total. The van der Waals surface area contributed by atoms with Crippen LogP contribution in [-0.4, -0.2) is 25.6 Å². The van der Waals surface area contributed by atoms with Gasteiger partial charge in [0.1, 0.15) is 5.82 Å². The Kier molecular flexibility index (Phi) is 4.99. The van der Waals surface area contributed by atoms with E-state index in [4.69, 9.17) is 4.52 Å². The van der Waals surface area contributed by atoms with Crippen LogP contribution >= 0.6 is 0 Å². The number of benzene rings is 2. The number of amides is 1. The fourth-order valence-electron chi connectivity index (χ4n) is 3.69. The van der Waals surface area contributed by atoms with Gasteiger partial charge in [-0.05, 0) is 37.6 Å². The summed E-state index contributed by atoms with van der Waals surface area (Å²) in [4.78, 5) is 22.0. The van der Waals surface area contributed by atoms with Gasteiger partial charge in [0.05, 0.1) is 22.3 Å². The average Bonchev–Trinajstić information content (AvgIpc) is 3.40. The number of nitrogens with one attached hydrogen (secondary N) is 1. The molecule has 0 unspecified atom stereocenters. The van der Waals surface area contributed by atoms with E-state index in [0.717, 1.165) is 23.5 Å². The first-order valence-corrected chi connectivity index (χ1v) is 10.3. The standard InChI is InChI=1S/C25H21N5O2/c1-16-23-21(14-22(28-25(23)32-29-16)19-6-4-3-5-7-19)24(31)27-20-10-8-18(9-11-20)15-30-13-12-26-17(30)2/h3-14H,15H2,1-2H3,(H,27,31). The third-order valence-electron chi connectivity index (χ3n) is 5.42. The quantitative estimate of drug-likeness (QED) is 0.430. The molecule has 0 atom stereocenters. The molecule has 7 heteroatoms. The van der Waals surface area contributed by atoms with E-state index < -0.39 is 0 Å². The number of rotatable bonds is 5. The lowest BCUT2D eigenvalue weighted by molar-refractivity contribution is 0.102. The van der Waals surface area contributed by atoms with Gasteiger partial charge in [0.25, 0.3) is 11.6 Å². The minimum atomic E-state index is -0.237. The zero-order chi connectivity index (χ0) is 22.1. The Morgan fingerprint density at radius 3 is 2.56 bits per heavy atom. The van der Waals surface area contributed by atoms with E-state index in [2.05, 4.69) is 25.0 Å². The molecule has 1 amide bonds. The van der Waals surface area contributed by atoms with Crippen molar-refractivity contribution in [1.29, 1.82) is 0 Å². The van der Waals surface area contributed by atoms with Crippen LogP contribution in [0.2, 0.25) is 0 Å². The molecular formula is C25H21N5O2. The highest BCUT2D eigenvalue weighted by atomic mass is 16.5. The van der Waals surface area contributed by atoms with Gasteiger partial charge in [0, 0.05) is 30.2 Å². The Bertz CT molecular complexity index is 1400. The van der Waals surface area contributed by atoms with E-state index in [1.807, 2.05) is 67.7 Å². The Morgan fingerprint density at radius 1 is 1.06 bits per heavy atom. The number of carbonyl (C=O) groups excluding carboxylic acids is 1. The third kappa shape index (κ3) is 3.76. The largest absolute Gasteiger partial charge is 0.335 e. The van der Waals surface area contributed by atoms with E-state index in [1.165, 1.54) is 0 Å². The Morgan fingerprint density at radius 2 is 1.84 bits per heavy atom. The number of anilines is 1. The molecular weight excluding hydrogens is 402 g/mol. The van der Waals surface area contributed by atoms with Gasteiger partial charge >= 0.3 is 0 Å². The van der Waals surface area contributed by atoms with Crippen molar-refractivity contribution in [2.45, 2.75) is 20.4 Å². The molecule has 0 fully saturated rings. The summed E-state index contributed by atoms with van der Waals surface area (Å²) in [5, 5.41) is 7.62. The molecule has 5 rings (SSSR count). The van der Waals surface area contributed by atoms with E-state index in [1.54, 1.807) is 19.2 Å². The summed E-state index contributed by atoms with van der Waals surface area (Å²) in [5.74, 6) is 0.724. The molecule has 32 heavy (non-hydrogen) atoms. The van der Waals surface area contributed by atoms with Crippen molar-refractivity contribution >= 4 is 22.7 Å². The van der Waals surface area contributed by atoms with E-state index in [-0.39, 0.29) is 5.91 Å². The lowest BCUT2D eigenvalue weighted by Gasteiger charge is -2.10. The van der Waals surface area contributed by atoms with Gasteiger partial charge in [-0.3, -0.25) is 4.79 Å². The van der Waals surface area contributed by atoms with Crippen LogP contribution in [0.5, 0.6) is 0 Å². The molecule has 0 aliphatic rings. The molecule has 0 radical (unpaired) electrons. The highest BCUT2D eigenvalue weighted by Crippen LogP contribution is 2.27. The molecule has 0 spiro atoms. The smallest absolute Gasteiger partial charge is 0.259 e. The summed E-state index contributed by atoms with van der Waals surface area (Å²) >= 11 is 0. The number of carbonyl (C=O) groups is 1. The molecule has 0 bridgehead atoms. The van der Waals surface area contributed by atoms with Gasteiger partial charge in [-0.15, -0.1) is 0 Å². The van der Waals surface area contributed by atoms with Crippen molar-refractivity contribution in [2.24, 2.45) is 0 Å². The van der Waals surface area contributed by atoms with E-state index >= 15 is 0 Å². The summed E-state index contributed by atoms with van der Waals surface area (Å²) in [6, 6.07) is 19.3. The van der Waals surface area contributed by atoms with Crippen molar-refractivity contribution in [3.8, 4) is 11.3 Å². The van der Waals surface area contributed by atoms with Crippen LogP contribution in [0.4, 0.5) is 5.69 Å². The highest BCUT2D eigenvalue weighted by Gasteiger charge is 2.19. The summed E-state index contributed by atoms with van der Waals surface area (Å²) in [6.07, 6.45) is 3.74. The van der Waals surface area contributed by atoms with Gasteiger partial charge in [-0.25, -0.2) is 9.97 Å². The fraction of sp³-hybridized carbons (Fsp3) is 0.120. The molecule has 0 saturated carbocycles. The predicted molar refractivity (Wildman–Crippen MR) is 122 cm³/mol. The molecule has 158 valence electrons. The molecule has 5 aromatic rings. The van der Waals surface area contributed by atoms with Crippen LogP contribution in [0.15, 0.2) is 77.6 Å². The lowest BCUT2D eigenvalue weighted by atomic mass is 10.0. The molecule has 2 aromatic carbocycles. The highest BCUT2D eigenvalue weighted by molar-refractivity contribution is 6.13. The van der Waals surface area contributed by atoms with Crippen LogP contribution in [0, 0.1) is 13.8 Å².